The van der Waals surface area contributed by atoms with Gasteiger partial charge in [-0.3, -0.25) is 0 Å². The van der Waals surface area contributed by atoms with Crippen LogP contribution in [0, 0.1) is 5.92 Å². The number of carboxylic acid groups (broad SMARTS) is 1. The number of nitrogens with one attached hydrogen (secondary N) is 1. The average molecular weight is 224 g/mol. The number of aromatic carboxylic acids is 1. The Morgan fingerprint density at radius 3 is 2.75 bits per heavy atom. The Labute approximate surface area is 94.1 Å². The largest absolute Gasteiger partial charge is 0.478 e. The first-order valence-electron chi connectivity index (χ1n) is 5.12. The molecule has 3 N–H and O–H groups in total. The van der Waals surface area contributed by atoms with Gasteiger partial charge >= 0.3 is 5.97 Å². The minimum atomic E-state index is -1.03. The molecule has 0 aromatic carbocycles. The molecule has 1 rings (SSSR count). The monoisotopic (exact) mass is 224 g/mol. The molecule has 1 heterocycles. The molecule has 5 heteroatoms. The number of carbonyl (C=O) groups is 1. The third-order valence-electron chi connectivity index (χ3n) is 2.36. The van der Waals surface area contributed by atoms with Gasteiger partial charge in [-0.2, -0.15) is 0 Å². The second-order valence-electron chi connectivity index (χ2n) is 3.88. The molecule has 1 unspecified atom stereocenters. The number of hydrogen-bond acceptors (Lipinski definition) is 4. The molecule has 1 atom stereocenters. The molecule has 0 spiro atoms. The molecule has 5 nitrogen and oxygen atoms in total. The van der Waals surface area contributed by atoms with Crippen molar-refractivity contribution in [1.29, 1.82) is 0 Å². The summed E-state index contributed by atoms with van der Waals surface area (Å²) < 4.78 is 0. The molecule has 0 aliphatic carbocycles. The van der Waals surface area contributed by atoms with Gasteiger partial charge in [-0.1, -0.05) is 13.8 Å². The van der Waals surface area contributed by atoms with E-state index in [1.165, 1.54) is 12.3 Å². The Bertz CT molecular complexity index is 366. The second-order valence-corrected chi connectivity index (χ2v) is 3.88. The molecular weight excluding hydrogens is 208 g/mol. The highest BCUT2D eigenvalue weighted by Gasteiger charge is 2.16. The third kappa shape index (κ3) is 2.93. The number of rotatable bonds is 5. The highest BCUT2D eigenvalue weighted by molar-refractivity contribution is 5.93. The number of aromatic nitrogens is 1. The van der Waals surface area contributed by atoms with Crippen molar-refractivity contribution in [3.63, 3.8) is 0 Å². The van der Waals surface area contributed by atoms with Gasteiger partial charge in [-0.15, -0.1) is 0 Å². The third-order valence-corrected chi connectivity index (χ3v) is 2.36. The van der Waals surface area contributed by atoms with E-state index in [2.05, 4.69) is 10.3 Å². The maximum absolute atomic E-state index is 10.9. The van der Waals surface area contributed by atoms with E-state index in [1.54, 1.807) is 6.07 Å². The smallest absolute Gasteiger partial charge is 0.339 e. The molecule has 1 aromatic heterocycles. The van der Waals surface area contributed by atoms with Crippen LogP contribution >= 0.6 is 0 Å². The molecule has 0 amide bonds. The summed E-state index contributed by atoms with van der Waals surface area (Å²) in [7, 11) is 0. The minimum Gasteiger partial charge on any atom is -0.478 e. The van der Waals surface area contributed by atoms with Gasteiger partial charge in [0.15, 0.2) is 0 Å². The highest BCUT2D eigenvalue weighted by Crippen LogP contribution is 2.15. The van der Waals surface area contributed by atoms with Gasteiger partial charge in [0.05, 0.1) is 12.6 Å². The number of carboxylic acids is 1. The van der Waals surface area contributed by atoms with Crippen molar-refractivity contribution in [2.75, 3.05) is 11.9 Å². The molecule has 0 radical (unpaired) electrons. The van der Waals surface area contributed by atoms with Gasteiger partial charge in [-0.25, -0.2) is 9.78 Å². The van der Waals surface area contributed by atoms with Crippen molar-refractivity contribution in [2.45, 2.75) is 19.9 Å². The second kappa shape index (κ2) is 5.46. The van der Waals surface area contributed by atoms with Gasteiger partial charge in [0.1, 0.15) is 11.4 Å². The molecule has 88 valence electrons. The van der Waals surface area contributed by atoms with Crippen LogP contribution in [0.3, 0.4) is 0 Å². The van der Waals surface area contributed by atoms with Crippen LogP contribution in [-0.2, 0) is 0 Å². The van der Waals surface area contributed by atoms with E-state index in [-0.39, 0.29) is 24.1 Å². The fourth-order valence-electron chi connectivity index (χ4n) is 1.29. The zero-order chi connectivity index (χ0) is 12.1. The summed E-state index contributed by atoms with van der Waals surface area (Å²) >= 11 is 0. The summed E-state index contributed by atoms with van der Waals surface area (Å²) in [6.07, 6.45) is 1.52. The fraction of sp³-hybridized carbons (Fsp3) is 0.455. The first-order chi connectivity index (χ1) is 7.56. The summed E-state index contributed by atoms with van der Waals surface area (Å²) in [5.41, 5.74) is 0.113. The number of nitrogens with zero attached hydrogens (tertiary/aromatic N) is 1. The molecule has 16 heavy (non-hydrogen) atoms. The fourth-order valence-corrected chi connectivity index (χ4v) is 1.29. The molecule has 1 aromatic rings. The zero-order valence-corrected chi connectivity index (χ0v) is 9.34. The summed E-state index contributed by atoms with van der Waals surface area (Å²) in [5, 5.41) is 21.0. The molecular formula is C11H16N2O3. The molecule has 0 bridgehead atoms. The van der Waals surface area contributed by atoms with Crippen LogP contribution in [0.5, 0.6) is 0 Å². The maximum atomic E-state index is 10.9. The highest BCUT2D eigenvalue weighted by atomic mass is 16.4. The SMILES string of the molecule is CC(C)C(CO)Nc1ncccc1C(=O)O. The van der Waals surface area contributed by atoms with Gasteiger partial charge in [0.25, 0.3) is 0 Å². The lowest BCUT2D eigenvalue weighted by molar-refractivity contribution is 0.0697. The Kier molecular flexibility index (Phi) is 4.25. The molecule has 0 saturated carbocycles. The van der Waals surface area contributed by atoms with Crippen molar-refractivity contribution < 1.29 is 15.0 Å². The predicted octanol–water partition coefficient (Wildman–Crippen LogP) is 1.21. The Morgan fingerprint density at radius 1 is 1.56 bits per heavy atom. The Balaban J connectivity index is 2.91. The van der Waals surface area contributed by atoms with Crippen molar-refractivity contribution >= 4 is 11.8 Å². The van der Waals surface area contributed by atoms with Crippen molar-refractivity contribution in [1.82, 2.24) is 4.98 Å². The van der Waals surface area contributed by atoms with E-state index >= 15 is 0 Å². The summed E-state index contributed by atoms with van der Waals surface area (Å²) in [6, 6.07) is 2.85. The van der Waals surface area contributed by atoms with Crippen LogP contribution in [0.25, 0.3) is 0 Å². The topological polar surface area (TPSA) is 82.5 Å². The van der Waals surface area contributed by atoms with E-state index in [1.807, 2.05) is 13.8 Å². The lowest BCUT2D eigenvalue weighted by Gasteiger charge is -2.21. The molecule has 0 saturated heterocycles. The maximum Gasteiger partial charge on any atom is 0.339 e. The van der Waals surface area contributed by atoms with Crippen LogP contribution in [-0.4, -0.2) is 33.8 Å². The van der Waals surface area contributed by atoms with Gasteiger partial charge < -0.3 is 15.5 Å². The lowest BCUT2D eigenvalue weighted by Crippen LogP contribution is -2.30. The van der Waals surface area contributed by atoms with E-state index in [9.17, 15) is 4.79 Å². The van der Waals surface area contributed by atoms with E-state index in [0.717, 1.165) is 0 Å². The van der Waals surface area contributed by atoms with E-state index in [4.69, 9.17) is 10.2 Å². The van der Waals surface area contributed by atoms with Gasteiger partial charge in [0, 0.05) is 6.20 Å². The quantitative estimate of drug-likeness (QED) is 0.700. The van der Waals surface area contributed by atoms with Crippen molar-refractivity contribution in [2.24, 2.45) is 5.92 Å². The van der Waals surface area contributed by atoms with E-state index in [0.29, 0.717) is 5.82 Å². The van der Waals surface area contributed by atoms with E-state index < -0.39 is 5.97 Å². The number of aliphatic hydroxyl groups is 1. The Hall–Kier alpha value is -1.62. The number of anilines is 1. The predicted molar refractivity (Wildman–Crippen MR) is 60.5 cm³/mol. The van der Waals surface area contributed by atoms with Gasteiger partial charge in [-0.05, 0) is 18.1 Å². The molecule has 0 aliphatic rings. The van der Waals surface area contributed by atoms with Crippen LogP contribution in [0.4, 0.5) is 5.82 Å². The van der Waals surface area contributed by atoms with Gasteiger partial charge in [0.2, 0.25) is 0 Å². The molecule has 0 aliphatic heterocycles. The average Bonchev–Trinajstić information content (AvgIpc) is 2.25. The summed E-state index contributed by atoms with van der Waals surface area (Å²) in [4.78, 5) is 14.9. The van der Waals surface area contributed by atoms with Crippen LogP contribution in [0.2, 0.25) is 0 Å². The summed E-state index contributed by atoms with van der Waals surface area (Å²) in [6.45, 7) is 3.82. The zero-order valence-electron chi connectivity index (χ0n) is 9.34. The standard InChI is InChI=1S/C11H16N2O3/c1-7(2)9(6-14)13-10-8(11(15)16)4-3-5-12-10/h3-5,7,9,14H,6H2,1-2H3,(H,12,13)(H,15,16). The summed E-state index contributed by atoms with van der Waals surface area (Å²) in [5.74, 6) is -0.549. The van der Waals surface area contributed by atoms with Crippen LogP contribution < -0.4 is 5.32 Å². The van der Waals surface area contributed by atoms with Crippen molar-refractivity contribution in [3.8, 4) is 0 Å². The first-order valence-corrected chi connectivity index (χ1v) is 5.12. The Morgan fingerprint density at radius 2 is 2.25 bits per heavy atom. The lowest BCUT2D eigenvalue weighted by atomic mass is 10.1. The van der Waals surface area contributed by atoms with Crippen LogP contribution in [0.15, 0.2) is 18.3 Å². The van der Waals surface area contributed by atoms with Crippen molar-refractivity contribution in [3.05, 3.63) is 23.9 Å². The number of hydrogen-bond donors (Lipinski definition) is 3. The first kappa shape index (κ1) is 12.4. The number of pyridine rings is 1. The molecule has 0 fully saturated rings. The normalized spacial score (nSPS) is 12.5. The van der Waals surface area contributed by atoms with Crippen LogP contribution in [0.1, 0.15) is 24.2 Å². The number of aliphatic hydroxyl groups excluding tert-OH is 1. The minimum absolute atomic E-state index is 0.0622.